The molecule has 0 fully saturated rings. The van der Waals surface area contributed by atoms with Gasteiger partial charge in [0.15, 0.2) is 0 Å². The summed E-state index contributed by atoms with van der Waals surface area (Å²) < 4.78 is 0. The van der Waals surface area contributed by atoms with Gasteiger partial charge < -0.3 is 0 Å². The van der Waals surface area contributed by atoms with Gasteiger partial charge in [-0.05, 0) is 23.6 Å². The molecule has 0 amide bonds. The van der Waals surface area contributed by atoms with Crippen LogP contribution in [0.2, 0.25) is 0 Å². The molecule has 0 aliphatic heterocycles. The van der Waals surface area contributed by atoms with E-state index in [1.165, 1.54) is 5.39 Å². The summed E-state index contributed by atoms with van der Waals surface area (Å²) in [6, 6.07) is 24.0. The summed E-state index contributed by atoms with van der Waals surface area (Å²) in [5.41, 5.74) is 1.77. The molecule has 0 saturated carbocycles. The zero-order valence-corrected chi connectivity index (χ0v) is 9.82. The number of hydrogen-bond donors (Lipinski definition) is 0. The van der Waals surface area contributed by atoms with Gasteiger partial charge in [0.2, 0.25) is 0 Å². The number of azo groups is 1. The van der Waals surface area contributed by atoms with Crippen LogP contribution in [0.25, 0.3) is 10.8 Å². The van der Waals surface area contributed by atoms with Crippen molar-refractivity contribution in [2.24, 2.45) is 10.2 Å². The molecule has 3 aromatic carbocycles. The maximum absolute atomic E-state index is 4.33. The zero-order chi connectivity index (χ0) is 12.2. The zero-order valence-electron chi connectivity index (χ0n) is 9.82. The molecular formula is C16H12N2. The Morgan fingerprint density at radius 3 is 2.17 bits per heavy atom. The number of rotatable bonds is 2. The van der Waals surface area contributed by atoms with Crippen LogP contribution in [0.5, 0.6) is 0 Å². The summed E-state index contributed by atoms with van der Waals surface area (Å²) >= 11 is 0. The third-order valence-electron chi connectivity index (χ3n) is 2.80. The molecule has 0 aromatic heterocycles. The maximum atomic E-state index is 4.33. The van der Waals surface area contributed by atoms with Gasteiger partial charge in [0.1, 0.15) is 0 Å². The predicted molar refractivity (Wildman–Crippen MR) is 74.6 cm³/mol. The van der Waals surface area contributed by atoms with Gasteiger partial charge in [0, 0.05) is 5.39 Å². The molecule has 18 heavy (non-hydrogen) atoms. The van der Waals surface area contributed by atoms with Gasteiger partial charge in [-0.15, -0.1) is 5.11 Å². The molecule has 0 spiro atoms. The van der Waals surface area contributed by atoms with Crippen molar-refractivity contribution in [1.82, 2.24) is 0 Å². The lowest BCUT2D eigenvalue weighted by atomic mass is 10.1. The Kier molecular flexibility index (Phi) is 2.84. The van der Waals surface area contributed by atoms with E-state index in [0.29, 0.717) is 0 Å². The molecule has 0 bridgehead atoms. The van der Waals surface area contributed by atoms with Crippen LogP contribution in [0.3, 0.4) is 0 Å². The first kappa shape index (κ1) is 10.7. The number of nitrogens with zero attached hydrogens (tertiary/aromatic N) is 2. The second-order valence-electron chi connectivity index (χ2n) is 4.03. The van der Waals surface area contributed by atoms with E-state index >= 15 is 0 Å². The molecule has 0 atom stereocenters. The molecule has 0 N–H and O–H groups in total. The van der Waals surface area contributed by atoms with Crippen LogP contribution in [-0.4, -0.2) is 0 Å². The second-order valence-corrected chi connectivity index (χ2v) is 4.03. The van der Waals surface area contributed by atoms with Gasteiger partial charge in [0.05, 0.1) is 11.4 Å². The highest BCUT2D eigenvalue weighted by Gasteiger charge is 1.97. The first-order valence-electron chi connectivity index (χ1n) is 5.88. The lowest BCUT2D eigenvalue weighted by Crippen LogP contribution is -1.72. The smallest absolute Gasteiger partial charge is 0.0935 e. The molecule has 0 unspecified atom stereocenters. The van der Waals surface area contributed by atoms with E-state index in [4.69, 9.17) is 0 Å². The molecule has 3 aromatic rings. The fraction of sp³-hybridized carbons (Fsp3) is 0. The molecule has 3 rings (SSSR count). The molecule has 0 aliphatic rings. The standard InChI is InChI=1S/C16H12N2/c1-2-9-14(10-3-1)17-18-16-12-6-8-13-7-4-5-11-15(13)16/h1-12H. The summed E-state index contributed by atoms with van der Waals surface area (Å²) in [7, 11) is 0. The van der Waals surface area contributed by atoms with Crippen molar-refractivity contribution in [2.75, 3.05) is 0 Å². The minimum absolute atomic E-state index is 0.866. The number of fused-ring (bicyclic) bond motifs is 1. The average molecular weight is 232 g/mol. The summed E-state index contributed by atoms with van der Waals surface area (Å²) in [5, 5.41) is 10.9. The van der Waals surface area contributed by atoms with E-state index in [1.807, 2.05) is 54.6 Å². The van der Waals surface area contributed by atoms with Crippen LogP contribution in [0, 0.1) is 0 Å². The fourth-order valence-electron chi connectivity index (χ4n) is 1.90. The highest BCUT2D eigenvalue weighted by atomic mass is 15.1. The normalized spacial score (nSPS) is 11.1. The van der Waals surface area contributed by atoms with Crippen molar-refractivity contribution in [3.8, 4) is 0 Å². The van der Waals surface area contributed by atoms with E-state index in [9.17, 15) is 0 Å². The highest BCUT2D eigenvalue weighted by molar-refractivity contribution is 5.92. The van der Waals surface area contributed by atoms with Gasteiger partial charge in [0.25, 0.3) is 0 Å². The molecule has 2 heteroatoms. The quantitative estimate of drug-likeness (QED) is 0.539. The summed E-state index contributed by atoms with van der Waals surface area (Å²) in [6.45, 7) is 0. The van der Waals surface area contributed by atoms with Crippen LogP contribution in [0.1, 0.15) is 0 Å². The molecule has 0 heterocycles. The highest BCUT2D eigenvalue weighted by Crippen LogP contribution is 2.27. The van der Waals surface area contributed by atoms with E-state index < -0.39 is 0 Å². The first-order valence-corrected chi connectivity index (χ1v) is 5.88. The van der Waals surface area contributed by atoms with Crippen molar-refractivity contribution in [1.29, 1.82) is 0 Å². The third kappa shape index (κ3) is 2.13. The lowest BCUT2D eigenvalue weighted by Gasteiger charge is -2.00. The van der Waals surface area contributed by atoms with Crippen LogP contribution in [0.4, 0.5) is 11.4 Å². The monoisotopic (exact) mass is 232 g/mol. The summed E-state index contributed by atoms with van der Waals surface area (Å²) in [6.07, 6.45) is 0. The average Bonchev–Trinajstić information content (AvgIpc) is 2.46. The molecule has 0 radical (unpaired) electrons. The van der Waals surface area contributed by atoms with Crippen LogP contribution >= 0.6 is 0 Å². The van der Waals surface area contributed by atoms with Gasteiger partial charge >= 0.3 is 0 Å². The van der Waals surface area contributed by atoms with Crippen molar-refractivity contribution in [3.05, 3.63) is 72.8 Å². The second kappa shape index (κ2) is 4.80. The number of benzene rings is 3. The Hall–Kier alpha value is -2.48. The summed E-state index contributed by atoms with van der Waals surface area (Å²) in [5.74, 6) is 0. The van der Waals surface area contributed by atoms with Crippen molar-refractivity contribution >= 4 is 22.1 Å². The minimum atomic E-state index is 0.866. The minimum Gasteiger partial charge on any atom is -0.151 e. The Labute approximate surface area is 106 Å². The van der Waals surface area contributed by atoms with E-state index in [2.05, 4.69) is 28.4 Å². The Morgan fingerprint density at radius 1 is 0.556 bits per heavy atom. The Balaban J connectivity index is 2.03. The first-order chi connectivity index (χ1) is 8.93. The van der Waals surface area contributed by atoms with Crippen molar-refractivity contribution in [2.45, 2.75) is 0 Å². The van der Waals surface area contributed by atoms with E-state index in [1.54, 1.807) is 0 Å². The predicted octanol–water partition coefficient (Wildman–Crippen LogP) is 5.26. The lowest BCUT2D eigenvalue weighted by molar-refractivity contribution is 1.24. The van der Waals surface area contributed by atoms with Gasteiger partial charge in [-0.1, -0.05) is 54.6 Å². The maximum Gasteiger partial charge on any atom is 0.0935 e. The Morgan fingerprint density at radius 2 is 1.28 bits per heavy atom. The van der Waals surface area contributed by atoms with Gasteiger partial charge in [-0.25, -0.2) is 0 Å². The molecule has 0 aliphatic carbocycles. The van der Waals surface area contributed by atoms with Gasteiger partial charge in [-0.2, -0.15) is 5.11 Å². The van der Waals surface area contributed by atoms with Crippen molar-refractivity contribution < 1.29 is 0 Å². The molecule has 86 valence electrons. The van der Waals surface area contributed by atoms with Crippen molar-refractivity contribution in [3.63, 3.8) is 0 Å². The topological polar surface area (TPSA) is 24.7 Å². The van der Waals surface area contributed by atoms with E-state index in [0.717, 1.165) is 16.8 Å². The number of hydrogen-bond acceptors (Lipinski definition) is 2. The largest absolute Gasteiger partial charge is 0.151 e. The van der Waals surface area contributed by atoms with Gasteiger partial charge in [-0.3, -0.25) is 0 Å². The molecule has 0 saturated heterocycles. The van der Waals surface area contributed by atoms with E-state index in [-0.39, 0.29) is 0 Å². The van der Waals surface area contributed by atoms with Crippen LogP contribution in [0.15, 0.2) is 83.0 Å². The SMILES string of the molecule is c1ccc(N=Nc2cccc3ccccc23)cc1. The summed E-state index contributed by atoms with van der Waals surface area (Å²) in [4.78, 5) is 0. The van der Waals surface area contributed by atoms with Crippen LogP contribution in [-0.2, 0) is 0 Å². The third-order valence-corrected chi connectivity index (χ3v) is 2.80. The molecular weight excluding hydrogens is 220 g/mol. The fourth-order valence-corrected chi connectivity index (χ4v) is 1.90. The molecule has 2 nitrogen and oxygen atoms in total. The van der Waals surface area contributed by atoms with Crippen LogP contribution < -0.4 is 0 Å². The Bertz CT molecular complexity index is 682.